The van der Waals surface area contributed by atoms with E-state index >= 15 is 0 Å². The third kappa shape index (κ3) is 1.54. The molecule has 0 saturated heterocycles. The Labute approximate surface area is 81.6 Å². The Morgan fingerprint density at radius 3 is 2.86 bits per heavy atom. The molecule has 0 aliphatic heterocycles. The molecule has 0 aliphatic carbocycles. The van der Waals surface area contributed by atoms with Crippen molar-refractivity contribution in [2.75, 3.05) is 6.54 Å². The summed E-state index contributed by atoms with van der Waals surface area (Å²) in [5.74, 6) is 0. The Balaban J connectivity index is 2.73. The maximum atomic E-state index is 11.3. The van der Waals surface area contributed by atoms with E-state index in [4.69, 9.17) is 5.73 Å². The Morgan fingerprint density at radius 1 is 1.29 bits per heavy atom. The number of H-pyrrole nitrogens is 1. The number of aromatic amines is 1. The number of hydrogen-bond donors (Lipinski definition) is 2. The predicted octanol–water partition coefficient (Wildman–Crippen LogP) is 1.03. The second-order valence-electron chi connectivity index (χ2n) is 3.24. The molecule has 0 bridgehead atoms. The Kier molecular flexibility index (Phi) is 2.33. The molecule has 0 amide bonds. The van der Waals surface area contributed by atoms with E-state index in [0.29, 0.717) is 6.54 Å². The number of nitrogens with two attached hydrogens (primary N) is 1. The molecule has 2 rings (SSSR count). The van der Waals surface area contributed by atoms with Gasteiger partial charge in [-0.3, -0.25) is 4.79 Å². The van der Waals surface area contributed by atoms with Crippen molar-refractivity contribution in [2.24, 2.45) is 5.73 Å². The zero-order valence-electron chi connectivity index (χ0n) is 7.79. The Hall–Kier alpha value is -1.61. The van der Waals surface area contributed by atoms with Crippen molar-refractivity contribution in [1.82, 2.24) is 4.98 Å². The molecule has 0 spiro atoms. The van der Waals surface area contributed by atoms with Gasteiger partial charge < -0.3 is 10.7 Å². The molecule has 14 heavy (non-hydrogen) atoms. The molecule has 1 aromatic heterocycles. The maximum absolute atomic E-state index is 11.3. The number of benzene rings is 1. The molecule has 2 aromatic rings. The van der Waals surface area contributed by atoms with E-state index in [9.17, 15) is 4.79 Å². The van der Waals surface area contributed by atoms with Crippen LogP contribution in [0.3, 0.4) is 0 Å². The van der Waals surface area contributed by atoms with Crippen LogP contribution in [0.25, 0.3) is 10.9 Å². The number of aromatic nitrogens is 1. The summed E-state index contributed by atoms with van der Waals surface area (Å²) >= 11 is 0. The number of pyridine rings is 1. The number of rotatable bonds is 2. The van der Waals surface area contributed by atoms with Gasteiger partial charge in [0.1, 0.15) is 0 Å². The lowest BCUT2D eigenvalue weighted by Crippen LogP contribution is -2.10. The first-order valence-corrected chi connectivity index (χ1v) is 4.62. The highest BCUT2D eigenvalue weighted by molar-refractivity contribution is 5.81. The zero-order chi connectivity index (χ0) is 9.97. The van der Waals surface area contributed by atoms with Crippen LogP contribution < -0.4 is 11.3 Å². The molecule has 3 nitrogen and oxygen atoms in total. The van der Waals surface area contributed by atoms with Gasteiger partial charge in [-0.05, 0) is 24.6 Å². The highest BCUT2D eigenvalue weighted by Gasteiger charge is 2.00. The van der Waals surface area contributed by atoms with E-state index in [1.165, 1.54) is 0 Å². The quantitative estimate of drug-likeness (QED) is 0.739. The summed E-state index contributed by atoms with van der Waals surface area (Å²) in [5.41, 5.74) is 7.33. The van der Waals surface area contributed by atoms with Crippen molar-refractivity contribution in [2.45, 2.75) is 6.42 Å². The van der Waals surface area contributed by atoms with Gasteiger partial charge in [-0.2, -0.15) is 0 Å². The van der Waals surface area contributed by atoms with E-state index in [2.05, 4.69) is 4.98 Å². The van der Waals surface area contributed by atoms with Crippen LogP contribution in [0.15, 0.2) is 35.1 Å². The fraction of sp³-hybridized carbons (Fsp3) is 0.182. The molecule has 0 fully saturated rings. The number of para-hydroxylation sites is 1. The van der Waals surface area contributed by atoms with Gasteiger partial charge in [-0.25, -0.2) is 0 Å². The third-order valence-electron chi connectivity index (χ3n) is 2.25. The molecule has 0 saturated carbocycles. The van der Waals surface area contributed by atoms with E-state index < -0.39 is 0 Å². The number of hydrogen-bond acceptors (Lipinski definition) is 2. The van der Waals surface area contributed by atoms with Gasteiger partial charge in [0, 0.05) is 17.0 Å². The van der Waals surface area contributed by atoms with Crippen LogP contribution in [0.4, 0.5) is 0 Å². The lowest BCUT2D eigenvalue weighted by molar-refractivity contribution is 0.972. The Morgan fingerprint density at radius 2 is 2.07 bits per heavy atom. The second-order valence-corrected chi connectivity index (χ2v) is 3.24. The minimum atomic E-state index is -0.0628. The highest BCUT2D eigenvalue weighted by Crippen LogP contribution is 2.14. The van der Waals surface area contributed by atoms with E-state index in [1.54, 1.807) is 6.07 Å². The molecule has 1 heterocycles. The maximum Gasteiger partial charge on any atom is 0.248 e. The summed E-state index contributed by atoms with van der Waals surface area (Å²) in [6, 6.07) is 9.38. The van der Waals surface area contributed by atoms with Gasteiger partial charge in [0.2, 0.25) is 5.56 Å². The normalized spacial score (nSPS) is 10.6. The molecule has 3 N–H and O–H groups in total. The van der Waals surface area contributed by atoms with Gasteiger partial charge >= 0.3 is 0 Å². The molecule has 3 heteroatoms. The molecule has 0 atom stereocenters. The van der Waals surface area contributed by atoms with Crippen LogP contribution in [-0.4, -0.2) is 11.5 Å². The summed E-state index contributed by atoms with van der Waals surface area (Å²) in [6.45, 7) is 0.563. The zero-order valence-corrected chi connectivity index (χ0v) is 7.79. The van der Waals surface area contributed by atoms with E-state index in [0.717, 1.165) is 22.9 Å². The van der Waals surface area contributed by atoms with Gasteiger partial charge in [0.05, 0.1) is 0 Å². The summed E-state index contributed by atoms with van der Waals surface area (Å²) < 4.78 is 0. The van der Waals surface area contributed by atoms with Crippen LogP contribution in [-0.2, 0) is 6.42 Å². The SMILES string of the molecule is NCCc1cc(=O)[nH]c2ccccc12. The largest absolute Gasteiger partial charge is 0.330 e. The van der Waals surface area contributed by atoms with Crippen LogP contribution in [0.5, 0.6) is 0 Å². The summed E-state index contributed by atoms with van der Waals surface area (Å²) in [5, 5.41) is 1.08. The summed E-state index contributed by atoms with van der Waals surface area (Å²) in [6.07, 6.45) is 0.741. The van der Waals surface area contributed by atoms with Crippen molar-refractivity contribution in [3.63, 3.8) is 0 Å². The molecule has 0 aliphatic rings. The van der Waals surface area contributed by atoms with Gasteiger partial charge in [-0.15, -0.1) is 0 Å². The summed E-state index contributed by atoms with van der Waals surface area (Å²) in [4.78, 5) is 14.1. The first-order valence-electron chi connectivity index (χ1n) is 4.62. The van der Waals surface area contributed by atoms with Crippen molar-refractivity contribution in [3.8, 4) is 0 Å². The number of fused-ring (bicyclic) bond motifs is 1. The van der Waals surface area contributed by atoms with Crippen LogP contribution >= 0.6 is 0 Å². The van der Waals surface area contributed by atoms with Crippen LogP contribution in [0, 0.1) is 0 Å². The van der Waals surface area contributed by atoms with Crippen molar-refractivity contribution < 1.29 is 0 Å². The first kappa shape index (κ1) is 8.97. The Bertz CT molecular complexity index is 502. The van der Waals surface area contributed by atoms with Crippen molar-refractivity contribution in [1.29, 1.82) is 0 Å². The van der Waals surface area contributed by atoms with E-state index in [1.807, 2.05) is 24.3 Å². The topological polar surface area (TPSA) is 58.9 Å². The molecule has 0 unspecified atom stereocenters. The molecule has 0 radical (unpaired) electrons. The highest BCUT2D eigenvalue weighted by atomic mass is 16.1. The average molecular weight is 188 g/mol. The lowest BCUT2D eigenvalue weighted by Gasteiger charge is -2.03. The fourth-order valence-electron chi connectivity index (χ4n) is 1.64. The minimum Gasteiger partial charge on any atom is -0.330 e. The van der Waals surface area contributed by atoms with Gasteiger partial charge in [0.15, 0.2) is 0 Å². The van der Waals surface area contributed by atoms with E-state index in [-0.39, 0.29) is 5.56 Å². The van der Waals surface area contributed by atoms with Gasteiger partial charge in [0.25, 0.3) is 0 Å². The van der Waals surface area contributed by atoms with Crippen LogP contribution in [0.2, 0.25) is 0 Å². The van der Waals surface area contributed by atoms with Crippen LogP contribution in [0.1, 0.15) is 5.56 Å². The monoisotopic (exact) mass is 188 g/mol. The van der Waals surface area contributed by atoms with Gasteiger partial charge in [-0.1, -0.05) is 18.2 Å². The smallest absolute Gasteiger partial charge is 0.248 e. The standard InChI is InChI=1S/C11H12N2O/c12-6-5-8-7-11(14)13-10-4-2-1-3-9(8)10/h1-4,7H,5-6,12H2,(H,13,14). The second kappa shape index (κ2) is 3.64. The molecular weight excluding hydrogens is 176 g/mol. The number of nitrogens with one attached hydrogen (secondary N) is 1. The van der Waals surface area contributed by atoms with Crippen molar-refractivity contribution >= 4 is 10.9 Å². The third-order valence-corrected chi connectivity index (χ3v) is 2.25. The van der Waals surface area contributed by atoms with Crippen molar-refractivity contribution in [3.05, 3.63) is 46.2 Å². The first-order chi connectivity index (χ1) is 6.81. The molecule has 1 aromatic carbocycles. The molecule has 72 valence electrons. The summed E-state index contributed by atoms with van der Waals surface area (Å²) in [7, 11) is 0. The average Bonchev–Trinajstić information content (AvgIpc) is 2.18. The minimum absolute atomic E-state index is 0.0628. The lowest BCUT2D eigenvalue weighted by atomic mass is 10.1. The molecular formula is C11H12N2O. The fourth-order valence-corrected chi connectivity index (χ4v) is 1.64. The predicted molar refractivity (Wildman–Crippen MR) is 57.3 cm³/mol.